The van der Waals surface area contributed by atoms with Crippen molar-refractivity contribution in [3.8, 4) is 0 Å². The Morgan fingerprint density at radius 1 is 1.53 bits per heavy atom. The Morgan fingerprint density at radius 2 is 2.29 bits per heavy atom. The third kappa shape index (κ3) is 2.50. The topological polar surface area (TPSA) is 62.5 Å². The van der Waals surface area contributed by atoms with Crippen molar-refractivity contribution < 1.29 is 5.11 Å². The number of hydrogen-bond acceptors (Lipinski definition) is 4. The maximum Gasteiger partial charge on any atom is 0.243 e. The van der Waals surface area contributed by atoms with Gasteiger partial charge in [-0.05, 0) is 25.5 Å². The van der Waals surface area contributed by atoms with Crippen molar-refractivity contribution in [1.29, 1.82) is 0 Å². The second kappa shape index (κ2) is 4.50. The molecular formula is C11H15ClN4O. The van der Waals surface area contributed by atoms with Gasteiger partial charge in [-0.3, -0.25) is 0 Å². The van der Waals surface area contributed by atoms with Gasteiger partial charge in [-0.15, -0.1) is 5.10 Å². The first-order chi connectivity index (χ1) is 8.06. The van der Waals surface area contributed by atoms with Crippen LogP contribution in [-0.4, -0.2) is 31.9 Å². The van der Waals surface area contributed by atoms with E-state index in [1.165, 1.54) is 0 Å². The first kappa shape index (κ1) is 12.1. The van der Waals surface area contributed by atoms with Crippen LogP contribution < -0.4 is 5.32 Å². The molecule has 92 valence electrons. The minimum Gasteiger partial charge on any atom is -0.394 e. The third-order valence-electron chi connectivity index (χ3n) is 2.84. The van der Waals surface area contributed by atoms with E-state index in [1.807, 2.05) is 13.8 Å². The molecule has 0 aliphatic heterocycles. The Morgan fingerprint density at radius 3 is 2.94 bits per heavy atom. The van der Waals surface area contributed by atoms with E-state index < -0.39 is 5.54 Å². The molecule has 1 atom stereocenters. The Balaban J connectivity index is 2.31. The second-order valence-corrected chi connectivity index (χ2v) is 4.72. The van der Waals surface area contributed by atoms with Crippen molar-refractivity contribution in [2.75, 3.05) is 11.9 Å². The van der Waals surface area contributed by atoms with Crippen molar-refractivity contribution in [3.05, 3.63) is 23.4 Å². The smallest absolute Gasteiger partial charge is 0.243 e. The van der Waals surface area contributed by atoms with Crippen LogP contribution in [0.5, 0.6) is 0 Å². The van der Waals surface area contributed by atoms with Gasteiger partial charge in [0.1, 0.15) is 0 Å². The molecule has 2 aromatic heterocycles. The van der Waals surface area contributed by atoms with E-state index in [9.17, 15) is 5.11 Å². The largest absolute Gasteiger partial charge is 0.394 e. The van der Waals surface area contributed by atoms with Crippen LogP contribution in [-0.2, 0) is 0 Å². The van der Waals surface area contributed by atoms with E-state index in [2.05, 4.69) is 15.4 Å². The number of nitrogens with zero attached hydrogens (tertiary/aromatic N) is 3. The highest BCUT2D eigenvalue weighted by molar-refractivity contribution is 6.30. The van der Waals surface area contributed by atoms with Crippen LogP contribution in [0.25, 0.3) is 5.65 Å². The van der Waals surface area contributed by atoms with Crippen molar-refractivity contribution in [2.45, 2.75) is 25.8 Å². The molecule has 2 heterocycles. The van der Waals surface area contributed by atoms with E-state index >= 15 is 0 Å². The first-order valence-corrected chi connectivity index (χ1v) is 5.85. The van der Waals surface area contributed by atoms with Crippen LogP contribution in [0.15, 0.2) is 18.3 Å². The molecule has 17 heavy (non-hydrogen) atoms. The number of aliphatic hydroxyl groups is 1. The lowest BCUT2D eigenvalue weighted by molar-refractivity contribution is 0.218. The Labute approximate surface area is 104 Å². The molecule has 2 aromatic rings. The second-order valence-electron chi connectivity index (χ2n) is 4.28. The highest BCUT2D eigenvalue weighted by Crippen LogP contribution is 2.17. The summed E-state index contributed by atoms with van der Waals surface area (Å²) in [6.07, 6.45) is 2.47. The molecule has 2 rings (SSSR count). The molecule has 0 aliphatic carbocycles. The summed E-state index contributed by atoms with van der Waals surface area (Å²) in [5.41, 5.74) is 0.308. The third-order valence-corrected chi connectivity index (χ3v) is 3.06. The minimum absolute atomic E-state index is 0.0276. The van der Waals surface area contributed by atoms with Crippen molar-refractivity contribution in [3.63, 3.8) is 0 Å². The standard InChI is InChI=1S/C11H15ClN4O/c1-3-11(2,7-17)14-10-13-9-5-4-8(12)6-16(9)15-10/h4-6,17H,3,7H2,1-2H3,(H,14,15). The summed E-state index contributed by atoms with van der Waals surface area (Å²) < 4.78 is 1.61. The molecular weight excluding hydrogens is 240 g/mol. The van der Waals surface area contributed by atoms with Gasteiger partial charge in [0.2, 0.25) is 5.95 Å². The molecule has 0 amide bonds. The molecule has 5 nitrogen and oxygen atoms in total. The van der Waals surface area contributed by atoms with Crippen LogP contribution in [0.2, 0.25) is 5.02 Å². The predicted molar refractivity (Wildman–Crippen MR) is 67.4 cm³/mol. The van der Waals surface area contributed by atoms with Gasteiger partial charge in [0, 0.05) is 6.20 Å². The predicted octanol–water partition coefficient (Wildman–Crippen LogP) is 1.96. The van der Waals surface area contributed by atoms with E-state index in [0.29, 0.717) is 16.6 Å². The average molecular weight is 255 g/mol. The van der Waals surface area contributed by atoms with Gasteiger partial charge in [0.15, 0.2) is 5.65 Å². The normalized spacial score (nSPS) is 14.8. The summed E-state index contributed by atoms with van der Waals surface area (Å²) in [4.78, 5) is 4.31. The Hall–Kier alpha value is -1.33. The minimum atomic E-state index is -0.408. The summed E-state index contributed by atoms with van der Waals surface area (Å²) in [7, 11) is 0. The van der Waals surface area contributed by atoms with Crippen molar-refractivity contribution >= 4 is 23.2 Å². The number of halogens is 1. The van der Waals surface area contributed by atoms with Crippen LogP contribution in [0.3, 0.4) is 0 Å². The van der Waals surface area contributed by atoms with E-state index in [4.69, 9.17) is 11.6 Å². The molecule has 0 saturated carbocycles. The highest BCUT2D eigenvalue weighted by atomic mass is 35.5. The molecule has 0 spiro atoms. The molecule has 0 saturated heterocycles. The number of fused-ring (bicyclic) bond motifs is 1. The van der Waals surface area contributed by atoms with E-state index in [1.54, 1.807) is 22.8 Å². The summed E-state index contributed by atoms with van der Waals surface area (Å²) in [5, 5.41) is 17.3. The molecule has 2 N–H and O–H groups in total. The van der Waals surface area contributed by atoms with Gasteiger partial charge in [0.25, 0.3) is 0 Å². The van der Waals surface area contributed by atoms with Crippen LogP contribution in [0.1, 0.15) is 20.3 Å². The monoisotopic (exact) mass is 254 g/mol. The zero-order chi connectivity index (χ0) is 12.5. The number of hydrogen-bond donors (Lipinski definition) is 2. The average Bonchev–Trinajstić information content (AvgIpc) is 2.70. The van der Waals surface area contributed by atoms with Gasteiger partial charge < -0.3 is 10.4 Å². The molecule has 0 fully saturated rings. The fraction of sp³-hybridized carbons (Fsp3) is 0.455. The number of aliphatic hydroxyl groups excluding tert-OH is 1. The van der Waals surface area contributed by atoms with Crippen LogP contribution >= 0.6 is 11.6 Å². The first-order valence-electron chi connectivity index (χ1n) is 5.47. The molecule has 6 heteroatoms. The van der Waals surface area contributed by atoms with Crippen molar-refractivity contribution in [1.82, 2.24) is 14.6 Å². The van der Waals surface area contributed by atoms with Gasteiger partial charge in [-0.2, -0.15) is 4.98 Å². The maximum atomic E-state index is 9.32. The van der Waals surface area contributed by atoms with Gasteiger partial charge in [0.05, 0.1) is 17.2 Å². The summed E-state index contributed by atoms with van der Waals surface area (Å²) >= 11 is 5.87. The quantitative estimate of drug-likeness (QED) is 0.876. The summed E-state index contributed by atoms with van der Waals surface area (Å²) in [6, 6.07) is 3.56. The molecule has 0 aromatic carbocycles. The van der Waals surface area contributed by atoms with Gasteiger partial charge in [-0.25, -0.2) is 4.52 Å². The Kier molecular flexibility index (Phi) is 3.22. The van der Waals surface area contributed by atoms with Crippen molar-refractivity contribution in [2.24, 2.45) is 0 Å². The number of aromatic nitrogens is 3. The zero-order valence-electron chi connectivity index (χ0n) is 9.81. The lowest BCUT2D eigenvalue weighted by Gasteiger charge is -2.26. The van der Waals surface area contributed by atoms with Crippen LogP contribution in [0.4, 0.5) is 5.95 Å². The maximum absolute atomic E-state index is 9.32. The fourth-order valence-electron chi connectivity index (χ4n) is 1.42. The molecule has 0 radical (unpaired) electrons. The molecule has 0 bridgehead atoms. The lowest BCUT2D eigenvalue weighted by Crippen LogP contribution is -2.38. The van der Waals surface area contributed by atoms with E-state index in [-0.39, 0.29) is 6.61 Å². The molecule has 1 unspecified atom stereocenters. The van der Waals surface area contributed by atoms with E-state index in [0.717, 1.165) is 6.42 Å². The number of nitrogens with one attached hydrogen (secondary N) is 1. The zero-order valence-corrected chi connectivity index (χ0v) is 10.6. The lowest BCUT2D eigenvalue weighted by atomic mass is 10.0. The Bertz CT molecular complexity index is 521. The van der Waals surface area contributed by atoms with Gasteiger partial charge in [-0.1, -0.05) is 18.5 Å². The highest BCUT2D eigenvalue weighted by Gasteiger charge is 2.22. The SMILES string of the molecule is CCC(C)(CO)Nc1nc2ccc(Cl)cn2n1. The van der Waals surface area contributed by atoms with Crippen LogP contribution in [0, 0.1) is 0 Å². The number of anilines is 1. The summed E-state index contributed by atoms with van der Waals surface area (Å²) in [5.74, 6) is 0.491. The number of rotatable bonds is 4. The number of pyridine rings is 1. The summed E-state index contributed by atoms with van der Waals surface area (Å²) in [6.45, 7) is 3.95. The molecule has 0 aliphatic rings. The van der Waals surface area contributed by atoms with Gasteiger partial charge >= 0.3 is 0 Å². The fourth-order valence-corrected chi connectivity index (χ4v) is 1.58.